The van der Waals surface area contributed by atoms with Gasteiger partial charge in [0.2, 0.25) is 10.0 Å². The Morgan fingerprint density at radius 2 is 2.05 bits per heavy atom. The van der Waals surface area contributed by atoms with Crippen molar-refractivity contribution in [1.82, 2.24) is 10.0 Å². The number of aryl methyl sites for hydroxylation is 1. The van der Waals surface area contributed by atoms with Crippen LogP contribution < -0.4 is 10.0 Å². The van der Waals surface area contributed by atoms with Crippen LogP contribution in [0.4, 0.5) is 0 Å². The van der Waals surface area contributed by atoms with E-state index in [9.17, 15) is 8.42 Å². The zero-order valence-corrected chi connectivity index (χ0v) is 15.0. The third-order valence-corrected chi connectivity index (χ3v) is 6.64. The van der Waals surface area contributed by atoms with Crippen molar-refractivity contribution in [1.29, 1.82) is 0 Å². The summed E-state index contributed by atoms with van der Waals surface area (Å²) in [6.45, 7) is 8.58. The molecule has 21 heavy (non-hydrogen) atoms. The minimum absolute atomic E-state index is 0.408. The molecule has 0 radical (unpaired) electrons. The first kappa shape index (κ1) is 16.9. The molecule has 1 fully saturated rings. The maximum atomic E-state index is 12.6. The molecule has 1 aliphatic carbocycles. The van der Waals surface area contributed by atoms with Gasteiger partial charge < -0.3 is 5.32 Å². The molecule has 0 saturated heterocycles. The van der Waals surface area contributed by atoms with E-state index in [1.807, 2.05) is 26.8 Å². The Balaban J connectivity index is 2.11. The molecule has 0 spiro atoms. The van der Waals surface area contributed by atoms with Crippen molar-refractivity contribution in [3.05, 3.63) is 15.8 Å². The van der Waals surface area contributed by atoms with Crippen LogP contribution in [-0.2, 0) is 16.6 Å². The highest BCUT2D eigenvalue weighted by atomic mass is 32.2. The van der Waals surface area contributed by atoms with Crippen molar-refractivity contribution in [2.75, 3.05) is 0 Å². The monoisotopic (exact) mass is 330 g/mol. The molecule has 0 bridgehead atoms. The standard InChI is InChI=1S/C15H26N2O2S2/c1-5-8-15(3,4)17-21(18,19)14-9-13(20-11(14)2)10-16-12-6-7-12/h9,12,16-17H,5-8,10H2,1-4H3. The highest BCUT2D eigenvalue weighted by Gasteiger charge is 2.28. The second-order valence-electron chi connectivity index (χ2n) is 6.53. The summed E-state index contributed by atoms with van der Waals surface area (Å²) in [5, 5.41) is 3.43. The normalized spacial score (nSPS) is 16.4. The lowest BCUT2D eigenvalue weighted by atomic mass is 10.0. The lowest BCUT2D eigenvalue weighted by Crippen LogP contribution is -2.43. The molecule has 6 heteroatoms. The molecular weight excluding hydrogens is 304 g/mol. The first-order chi connectivity index (χ1) is 9.73. The van der Waals surface area contributed by atoms with Gasteiger partial charge in [0.1, 0.15) is 0 Å². The average Bonchev–Trinajstić information content (AvgIpc) is 3.07. The minimum Gasteiger partial charge on any atom is -0.309 e. The Hall–Kier alpha value is -0.430. The van der Waals surface area contributed by atoms with Crippen molar-refractivity contribution in [3.8, 4) is 0 Å². The lowest BCUT2D eigenvalue weighted by Gasteiger charge is -2.25. The van der Waals surface area contributed by atoms with Gasteiger partial charge in [0.15, 0.2) is 0 Å². The molecule has 1 aliphatic rings. The largest absolute Gasteiger partial charge is 0.309 e. The molecule has 0 amide bonds. The summed E-state index contributed by atoms with van der Waals surface area (Å²) in [6, 6.07) is 2.45. The fourth-order valence-corrected chi connectivity index (χ4v) is 5.53. The first-order valence-corrected chi connectivity index (χ1v) is 9.90. The maximum absolute atomic E-state index is 12.6. The first-order valence-electron chi connectivity index (χ1n) is 7.60. The summed E-state index contributed by atoms with van der Waals surface area (Å²) in [5.74, 6) is 0. The summed E-state index contributed by atoms with van der Waals surface area (Å²) in [6.07, 6.45) is 4.25. The second kappa shape index (κ2) is 6.36. The highest BCUT2D eigenvalue weighted by Crippen LogP contribution is 2.28. The Kier molecular flexibility index (Phi) is 5.13. The van der Waals surface area contributed by atoms with Crippen molar-refractivity contribution in [2.24, 2.45) is 0 Å². The van der Waals surface area contributed by atoms with Gasteiger partial charge in [-0.2, -0.15) is 0 Å². The van der Waals surface area contributed by atoms with E-state index in [0.717, 1.165) is 29.1 Å². The fraction of sp³-hybridized carbons (Fsp3) is 0.733. The van der Waals surface area contributed by atoms with E-state index in [1.165, 1.54) is 12.8 Å². The SMILES string of the molecule is CCCC(C)(C)NS(=O)(=O)c1cc(CNC2CC2)sc1C. The summed E-state index contributed by atoms with van der Waals surface area (Å²) < 4.78 is 28.0. The molecular formula is C15H26N2O2S2. The van der Waals surface area contributed by atoms with E-state index in [2.05, 4.69) is 17.0 Å². The summed E-state index contributed by atoms with van der Waals surface area (Å²) in [7, 11) is -3.44. The zero-order chi connectivity index (χ0) is 15.7. The summed E-state index contributed by atoms with van der Waals surface area (Å²) in [4.78, 5) is 2.39. The van der Waals surface area contributed by atoms with Crippen molar-refractivity contribution in [2.45, 2.75) is 76.4 Å². The number of thiophene rings is 1. The lowest BCUT2D eigenvalue weighted by molar-refractivity contribution is 0.417. The third-order valence-electron chi connectivity index (χ3n) is 3.64. The van der Waals surface area contributed by atoms with Crippen LogP contribution >= 0.6 is 11.3 Å². The molecule has 1 heterocycles. The summed E-state index contributed by atoms with van der Waals surface area (Å²) >= 11 is 1.57. The molecule has 0 aromatic carbocycles. The Morgan fingerprint density at radius 1 is 1.38 bits per heavy atom. The van der Waals surface area contributed by atoms with Crippen LogP contribution in [0, 0.1) is 6.92 Å². The molecule has 4 nitrogen and oxygen atoms in total. The van der Waals surface area contributed by atoms with E-state index in [-0.39, 0.29) is 0 Å². The summed E-state index contributed by atoms with van der Waals surface area (Å²) in [5.41, 5.74) is -0.408. The molecule has 1 aromatic rings. The van der Waals surface area contributed by atoms with E-state index in [1.54, 1.807) is 11.3 Å². The number of rotatable bonds is 8. The van der Waals surface area contributed by atoms with Crippen molar-refractivity contribution >= 4 is 21.4 Å². The molecule has 120 valence electrons. The van der Waals surface area contributed by atoms with Crippen LogP contribution in [0.2, 0.25) is 0 Å². The Labute approximate surface area is 132 Å². The second-order valence-corrected chi connectivity index (χ2v) is 9.52. The van der Waals surface area contributed by atoms with Gasteiger partial charge in [-0.1, -0.05) is 13.3 Å². The van der Waals surface area contributed by atoms with Gasteiger partial charge in [0, 0.05) is 27.9 Å². The molecule has 0 unspecified atom stereocenters. The van der Waals surface area contributed by atoms with Gasteiger partial charge >= 0.3 is 0 Å². The number of hydrogen-bond donors (Lipinski definition) is 2. The molecule has 2 rings (SSSR count). The Morgan fingerprint density at radius 3 is 2.62 bits per heavy atom. The van der Waals surface area contributed by atoms with Crippen molar-refractivity contribution in [3.63, 3.8) is 0 Å². The van der Waals surface area contributed by atoms with E-state index < -0.39 is 15.6 Å². The Bertz CT molecular complexity index is 587. The number of nitrogens with one attached hydrogen (secondary N) is 2. The van der Waals surface area contributed by atoms with Gasteiger partial charge in [-0.25, -0.2) is 13.1 Å². The number of hydrogen-bond acceptors (Lipinski definition) is 4. The van der Waals surface area contributed by atoms with E-state index in [0.29, 0.717) is 10.9 Å². The van der Waals surface area contributed by atoms with Crippen molar-refractivity contribution < 1.29 is 8.42 Å². The number of sulfonamides is 1. The van der Waals surface area contributed by atoms with Crippen LogP contribution in [-0.4, -0.2) is 20.0 Å². The molecule has 1 saturated carbocycles. The zero-order valence-electron chi connectivity index (χ0n) is 13.3. The van der Waals surface area contributed by atoms with Gasteiger partial charge in [-0.05, 0) is 46.1 Å². The molecule has 1 aromatic heterocycles. The average molecular weight is 331 g/mol. The van der Waals surface area contributed by atoms with Crippen LogP contribution in [0.15, 0.2) is 11.0 Å². The minimum atomic E-state index is -3.44. The third kappa shape index (κ3) is 4.77. The highest BCUT2D eigenvalue weighted by molar-refractivity contribution is 7.89. The fourth-order valence-electron chi connectivity index (χ4n) is 2.51. The van der Waals surface area contributed by atoms with Crippen LogP contribution in [0.25, 0.3) is 0 Å². The van der Waals surface area contributed by atoms with Crippen LogP contribution in [0.1, 0.15) is 56.2 Å². The maximum Gasteiger partial charge on any atom is 0.242 e. The molecule has 0 atom stereocenters. The van der Waals surface area contributed by atoms with Crippen LogP contribution in [0.3, 0.4) is 0 Å². The molecule has 2 N–H and O–H groups in total. The predicted molar refractivity (Wildman–Crippen MR) is 88.2 cm³/mol. The quantitative estimate of drug-likeness (QED) is 0.770. The predicted octanol–water partition coefficient (Wildman–Crippen LogP) is 3.17. The van der Waals surface area contributed by atoms with Gasteiger partial charge in [0.25, 0.3) is 0 Å². The van der Waals surface area contributed by atoms with Gasteiger partial charge in [-0.15, -0.1) is 11.3 Å². The molecule has 0 aliphatic heterocycles. The van der Waals surface area contributed by atoms with Gasteiger partial charge in [-0.3, -0.25) is 0 Å². The topological polar surface area (TPSA) is 58.2 Å². The smallest absolute Gasteiger partial charge is 0.242 e. The van der Waals surface area contributed by atoms with E-state index in [4.69, 9.17) is 0 Å². The van der Waals surface area contributed by atoms with E-state index >= 15 is 0 Å². The van der Waals surface area contributed by atoms with Crippen LogP contribution in [0.5, 0.6) is 0 Å². The van der Waals surface area contributed by atoms with Gasteiger partial charge in [0.05, 0.1) is 4.90 Å².